The van der Waals surface area contributed by atoms with E-state index in [0.717, 1.165) is 17.9 Å². The molecular weight excluding hydrogens is 244 g/mol. The molecule has 1 spiro atoms. The Balaban J connectivity index is 1.72. The topological polar surface area (TPSA) is 15.3 Å². The van der Waals surface area contributed by atoms with E-state index in [2.05, 4.69) is 24.1 Å². The molecule has 0 aromatic rings. The third-order valence-electron chi connectivity index (χ3n) is 6.45. The molecule has 3 rings (SSSR count). The predicted octanol–water partition coefficient (Wildman–Crippen LogP) is 3.81. The minimum atomic E-state index is 0.528. The lowest BCUT2D eigenvalue weighted by Gasteiger charge is -2.54. The fourth-order valence-electron chi connectivity index (χ4n) is 5.19. The van der Waals surface area contributed by atoms with Crippen LogP contribution in [0.5, 0.6) is 0 Å². The highest BCUT2D eigenvalue weighted by molar-refractivity contribution is 5.01. The first-order valence-electron chi connectivity index (χ1n) is 9.19. The van der Waals surface area contributed by atoms with Gasteiger partial charge in [-0.15, -0.1) is 0 Å². The molecule has 2 atom stereocenters. The quantitative estimate of drug-likeness (QED) is 0.826. The molecule has 2 heteroatoms. The van der Waals surface area contributed by atoms with Gasteiger partial charge in [0.25, 0.3) is 0 Å². The summed E-state index contributed by atoms with van der Waals surface area (Å²) >= 11 is 0. The second kappa shape index (κ2) is 6.36. The van der Waals surface area contributed by atoms with Crippen molar-refractivity contribution in [2.75, 3.05) is 19.6 Å². The van der Waals surface area contributed by atoms with E-state index in [-0.39, 0.29) is 0 Å². The standard InChI is InChI=1S/C18H34N2/c1-15(2)16-7-6-8-17(13-16)20-12-11-19-14-18(20)9-4-3-5-10-18/h15-17,19H,3-14H2,1-2H3. The maximum Gasteiger partial charge on any atom is 0.0337 e. The third kappa shape index (κ3) is 2.92. The monoisotopic (exact) mass is 278 g/mol. The molecule has 2 saturated carbocycles. The van der Waals surface area contributed by atoms with Crippen LogP contribution < -0.4 is 5.32 Å². The van der Waals surface area contributed by atoms with Crippen molar-refractivity contribution in [3.05, 3.63) is 0 Å². The van der Waals surface area contributed by atoms with E-state index in [4.69, 9.17) is 0 Å². The Labute approximate surface area is 125 Å². The molecule has 2 nitrogen and oxygen atoms in total. The van der Waals surface area contributed by atoms with Crippen molar-refractivity contribution in [3.63, 3.8) is 0 Å². The highest BCUT2D eigenvalue weighted by Crippen LogP contribution is 2.40. The Hall–Kier alpha value is -0.0800. The maximum absolute atomic E-state index is 3.71. The Kier molecular flexibility index (Phi) is 4.72. The van der Waals surface area contributed by atoms with Gasteiger partial charge in [0.1, 0.15) is 0 Å². The van der Waals surface area contributed by atoms with Crippen LogP contribution >= 0.6 is 0 Å². The molecule has 1 saturated heterocycles. The fourth-order valence-corrected chi connectivity index (χ4v) is 5.19. The number of nitrogens with one attached hydrogen (secondary N) is 1. The molecule has 0 bridgehead atoms. The van der Waals surface area contributed by atoms with E-state index in [9.17, 15) is 0 Å². The lowest BCUT2D eigenvalue weighted by Crippen LogP contribution is -2.65. The van der Waals surface area contributed by atoms with Crippen molar-refractivity contribution >= 4 is 0 Å². The first kappa shape index (κ1) is 14.8. The molecule has 0 amide bonds. The molecule has 3 aliphatic rings. The Morgan fingerprint density at radius 1 is 1.05 bits per heavy atom. The zero-order valence-corrected chi connectivity index (χ0v) is 13.7. The molecule has 0 aromatic carbocycles. The average molecular weight is 278 g/mol. The van der Waals surface area contributed by atoms with Crippen molar-refractivity contribution in [1.82, 2.24) is 10.2 Å². The van der Waals surface area contributed by atoms with Gasteiger partial charge < -0.3 is 5.32 Å². The Bertz CT molecular complexity index is 298. The van der Waals surface area contributed by atoms with Gasteiger partial charge in [-0.25, -0.2) is 0 Å². The third-order valence-corrected chi connectivity index (χ3v) is 6.45. The minimum absolute atomic E-state index is 0.528. The van der Waals surface area contributed by atoms with Crippen LogP contribution in [0.4, 0.5) is 0 Å². The van der Waals surface area contributed by atoms with E-state index in [1.54, 1.807) is 0 Å². The van der Waals surface area contributed by atoms with E-state index >= 15 is 0 Å². The average Bonchev–Trinajstić information content (AvgIpc) is 2.49. The van der Waals surface area contributed by atoms with Crippen LogP contribution in [-0.2, 0) is 0 Å². The summed E-state index contributed by atoms with van der Waals surface area (Å²) in [5.41, 5.74) is 0.528. The van der Waals surface area contributed by atoms with E-state index in [0.29, 0.717) is 5.54 Å². The maximum atomic E-state index is 3.71. The van der Waals surface area contributed by atoms with Crippen LogP contribution in [0.15, 0.2) is 0 Å². The van der Waals surface area contributed by atoms with E-state index in [1.165, 1.54) is 77.4 Å². The number of hydrogen-bond acceptors (Lipinski definition) is 2. The van der Waals surface area contributed by atoms with Crippen LogP contribution in [0, 0.1) is 11.8 Å². The molecule has 2 unspecified atom stereocenters. The van der Waals surface area contributed by atoms with Crippen LogP contribution in [0.3, 0.4) is 0 Å². The molecular formula is C18H34N2. The highest BCUT2D eigenvalue weighted by atomic mass is 15.3. The van der Waals surface area contributed by atoms with Gasteiger partial charge in [0.2, 0.25) is 0 Å². The van der Waals surface area contributed by atoms with Gasteiger partial charge in [0, 0.05) is 31.2 Å². The van der Waals surface area contributed by atoms with Gasteiger partial charge in [-0.3, -0.25) is 4.90 Å². The molecule has 0 aromatic heterocycles. The van der Waals surface area contributed by atoms with Gasteiger partial charge in [-0.05, 0) is 37.5 Å². The fraction of sp³-hybridized carbons (Fsp3) is 1.00. The molecule has 0 radical (unpaired) electrons. The summed E-state index contributed by atoms with van der Waals surface area (Å²) in [5, 5.41) is 3.71. The number of piperazine rings is 1. The zero-order chi connectivity index (χ0) is 14.0. The van der Waals surface area contributed by atoms with Crippen molar-refractivity contribution in [2.24, 2.45) is 11.8 Å². The molecule has 1 N–H and O–H groups in total. The Morgan fingerprint density at radius 3 is 2.60 bits per heavy atom. The van der Waals surface area contributed by atoms with Crippen molar-refractivity contribution < 1.29 is 0 Å². The van der Waals surface area contributed by atoms with Gasteiger partial charge in [-0.1, -0.05) is 46.0 Å². The van der Waals surface area contributed by atoms with Crippen molar-refractivity contribution in [1.29, 1.82) is 0 Å². The Morgan fingerprint density at radius 2 is 1.85 bits per heavy atom. The summed E-state index contributed by atoms with van der Waals surface area (Å²) in [5.74, 6) is 1.85. The van der Waals surface area contributed by atoms with E-state index in [1.807, 2.05) is 0 Å². The summed E-state index contributed by atoms with van der Waals surface area (Å²) in [7, 11) is 0. The normalized spacial score (nSPS) is 35.5. The molecule has 116 valence electrons. The first-order chi connectivity index (χ1) is 9.71. The number of rotatable bonds is 2. The van der Waals surface area contributed by atoms with Crippen LogP contribution in [0.2, 0.25) is 0 Å². The van der Waals surface area contributed by atoms with E-state index < -0.39 is 0 Å². The van der Waals surface area contributed by atoms with Crippen LogP contribution in [0.25, 0.3) is 0 Å². The van der Waals surface area contributed by atoms with Gasteiger partial charge in [0.15, 0.2) is 0 Å². The lowest BCUT2D eigenvalue weighted by molar-refractivity contribution is -0.0287. The number of hydrogen-bond donors (Lipinski definition) is 1. The van der Waals surface area contributed by atoms with Crippen molar-refractivity contribution in [3.8, 4) is 0 Å². The molecule has 1 aliphatic heterocycles. The predicted molar refractivity (Wildman–Crippen MR) is 86.0 cm³/mol. The first-order valence-corrected chi connectivity index (χ1v) is 9.19. The SMILES string of the molecule is CC(C)C1CCCC(N2CCNCC23CCCCC3)C1. The van der Waals surface area contributed by atoms with Crippen LogP contribution in [0.1, 0.15) is 71.6 Å². The van der Waals surface area contributed by atoms with Gasteiger partial charge >= 0.3 is 0 Å². The number of nitrogens with zero attached hydrogens (tertiary/aromatic N) is 1. The minimum Gasteiger partial charge on any atom is -0.314 e. The molecule has 1 heterocycles. The summed E-state index contributed by atoms with van der Waals surface area (Å²) in [6.07, 6.45) is 13.2. The molecule has 3 fully saturated rings. The smallest absolute Gasteiger partial charge is 0.0337 e. The largest absolute Gasteiger partial charge is 0.314 e. The summed E-state index contributed by atoms with van der Waals surface area (Å²) in [6.45, 7) is 8.64. The highest BCUT2D eigenvalue weighted by Gasteiger charge is 2.43. The summed E-state index contributed by atoms with van der Waals surface area (Å²) < 4.78 is 0. The van der Waals surface area contributed by atoms with Crippen molar-refractivity contribution in [2.45, 2.75) is 83.2 Å². The second-order valence-corrected chi connectivity index (χ2v) is 7.98. The summed E-state index contributed by atoms with van der Waals surface area (Å²) in [4.78, 5) is 2.98. The molecule has 2 aliphatic carbocycles. The zero-order valence-electron chi connectivity index (χ0n) is 13.7. The van der Waals surface area contributed by atoms with Gasteiger partial charge in [-0.2, -0.15) is 0 Å². The lowest BCUT2D eigenvalue weighted by atomic mass is 9.74. The second-order valence-electron chi connectivity index (χ2n) is 7.98. The summed E-state index contributed by atoms with van der Waals surface area (Å²) in [6, 6.07) is 0.886. The van der Waals surface area contributed by atoms with Crippen LogP contribution in [-0.4, -0.2) is 36.1 Å². The molecule has 20 heavy (non-hydrogen) atoms. The van der Waals surface area contributed by atoms with Gasteiger partial charge in [0.05, 0.1) is 0 Å².